The van der Waals surface area contributed by atoms with E-state index in [1.165, 1.54) is 6.92 Å². The number of hydrogen-bond donors (Lipinski definition) is 6. The monoisotopic (exact) mass is 429 g/mol. The number of carbonyl (C=O) groups excluding carboxylic acids is 3. The van der Waals surface area contributed by atoms with Crippen LogP contribution in [0.2, 0.25) is 0 Å². The van der Waals surface area contributed by atoms with E-state index in [4.69, 9.17) is 5.11 Å². The topological polar surface area (TPSA) is 152 Å². The first-order valence-electron chi connectivity index (χ1n) is 10.2. The zero-order chi connectivity index (χ0) is 22.4. The molecule has 3 amide bonds. The molecule has 0 aliphatic carbocycles. The fourth-order valence-corrected chi connectivity index (χ4v) is 3.55. The highest BCUT2D eigenvalue weighted by atomic mass is 16.4. The van der Waals surface area contributed by atoms with Gasteiger partial charge in [-0.1, -0.05) is 18.2 Å². The van der Waals surface area contributed by atoms with Gasteiger partial charge in [-0.25, -0.2) is 0 Å². The lowest BCUT2D eigenvalue weighted by Crippen LogP contribution is -2.53. The first kappa shape index (κ1) is 22.3. The molecule has 2 aromatic rings. The van der Waals surface area contributed by atoms with Crippen molar-refractivity contribution >= 4 is 34.6 Å². The van der Waals surface area contributed by atoms with Crippen molar-refractivity contribution in [1.29, 1.82) is 0 Å². The second kappa shape index (κ2) is 10.1. The highest BCUT2D eigenvalue weighted by Gasteiger charge is 2.26. The molecule has 1 saturated heterocycles. The molecule has 2 heterocycles. The lowest BCUT2D eigenvalue weighted by molar-refractivity contribution is -0.141. The van der Waals surface area contributed by atoms with E-state index < -0.39 is 29.9 Å². The molecule has 0 spiro atoms. The molecule has 31 heavy (non-hydrogen) atoms. The van der Waals surface area contributed by atoms with Gasteiger partial charge in [0.05, 0.1) is 12.6 Å². The fraction of sp³-hybridized carbons (Fsp3) is 0.429. The van der Waals surface area contributed by atoms with Crippen LogP contribution in [0.4, 0.5) is 0 Å². The molecule has 1 aromatic carbocycles. The van der Waals surface area contributed by atoms with E-state index >= 15 is 0 Å². The molecule has 166 valence electrons. The summed E-state index contributed by atoms with van der Waals surface area (Å²) in [5.74, 6) is -2.58. The molecule has 6 N–H and O–H groups in total. The Morgan fingerprint density at radius 2 is 1.97 bits per heavy atom. The Kier molecular flexibility index (Phi) is 7.24. The number of amides is 3. The highest BCUT2D eigenvalue weighted by molar-refractivity contribution is 5.93. The molecule has 3 atom stereocenters. The van der Waals surface area contributed by atoms with E-state index in [0.717, 1.165) is 29.4 Å². The first-order chi connectivity index (χ1) is 14.8. The number of aromatic amines is 1. The van der Waals surface area contributed by atoms with Crippen LogP contribution in [0.15, 0.2) is 30.5 Å². The van der Waals surface area contributed by atoms with Gasteiger partial charge in [-0.3, -0.25) is 19.2 Å². The molecule has 0 bridgehead atoms. The van der Waals surface area contributed by atoms with E-state index in [1.54, 1.807) is 6.20 Å². The minimum absolute atomic E-state index is 0.159. The Labute approximate surface area is 179 Å². The van der Waals surface area contributed by atoms with Crippen molar-refractivity contribution in [2.45, 2.75) is 44.3 Å². The van der Waals surface area contributed by atoms with Crippen molar-refractivity contribution < 1.29 is 24.3 Å². The SMILES string of the molecule is CC(NC(=O)C(Cc1c[nH]c2ccccc12)NC(=O)CNC(=O)C1CCCN1)C(=O)O. The number of hydrogen-bond acceptors (Lipinski definition) is 5. The molecule has 10 heteroatoms. The molecule has 10 nitrogen and oxygen atoms in total. The maximum Gasteiger partial charge on any atom is 0.325 e. The summed E-state index contributed by atoms with van der Waals surface area (Å²) in [5.41, 5.74) is 1.69. The zero-order valence-electron chi connectivity index (χ0n) is 17.2. The molecule has 1 fully saturated rings. The van der Waals surface area contributed by atoms with E-state index in [1.807, 2.05) is 24.3 Å². The van der Waals surface area contributed by atoms with Crippen LogP contribution in [0.25, 0.3) is 10.9 Å². The van der Waals surface area contributed by atoms with Gasteiger partial charge in [0.25, 0.3) is 0 Å². The largest absolute Gasteiger partial charge is 0.480 e. The summed E-state index contributed by atoms with van der Waals surface area (Å²) in [5, 5.41) is 20.6. The normalized spacial score (nSPS) is 17.6. The number of carboxylic acid groups (broad SMARTS) is 1. The van der Waals surface area contributed by atoms with Crippen LogP contribution in [0.1, 0.15) is 25.3 Å². The van der Waals surface area contributed by atoms with Crippen LogP contribution >= 0.6 is 0 Å². The van der Waals surface area contributed by atoms with Crippen molar-refractivity contribution in [1.82, 2.24) is 26.3 Å². The summed E-state index contributed by atoms with van der Waals surface area (Å²) in [7, 11) is 0. The van der Waals surface area contributed by atoms with Gasteiger partial charge >= 0.3 is 5.97 Å². The lowest BCUT2D eigenvalue weighted by atomic mass is 10.0. The number of H-pyrrole nitrogens is 1. The maximum atomic E-state index is 12.7. The predicted octanol–water partition coefficient (Wildman–Crippen LogP) is -0.347. The Morgan fingerprint density at radius 1 is 1.19 bits per heavy atom. The smallest absolute Gasteiger partial charge is 0.325 e. The van der Waals surface area contributed by atoms with Gasteiger partial charge in [0.15, 0.2) is 0 Å². The third kappa shape index (κ3) is 5.82. The summed E-state index contributed by atoms with van der Waals surface area (Å²) in [6, 6.07) is 5.11. The molecule has 3 rings (SSSR count). The maximum absolute atomic E-state index is 12.7. The Balaban J connectivity index is 1.67. The van der Waals surface area contributed by atoms with Crippen LogP contribution < -0.4 is 21.3 Å². The predicted molar refractivity (Wildman–Crippen MR) is 113 cm³/mol. The second-order valence-corrected chi connectivity index (χ2v) is 7.62. The van der Waals surface area contributed by atoms with Gasteiger partial charge in [-0.05, 0) is 37.9 Å². The molecule has 1 aromatic heterocycles. The number of carboxylic acids is 1. The van der Waals surface area contributed by atoms with Gasteiger partial charge in [0, 0.05) is 23.5 Å². The number of carbonyl (C=O) groups is 4. The van der Waals surface area contributed by atoms with Gasteiger partial charge in [-0.2, -0.15) is 0 Å². The molecule has 1 aliphatic heterocycles. The summed E-state index contributed by atoms with van der Waals surface area (Å²) in [4.78, 5) is 51.5. The summed E-state index contributed by atoms with van der Waals surface area (Å²) < 4.78 is 0. The first-order valence-corrected chi connectivity index (χ1v) is 10.2. The number of rotatable bonds is 9. The van der Waals surface area contributed by atoms with Crippen LogP contribution in [0.5, 0.6) is 0 Å². The van der Waals surface area contributed by atoms with Crippen molar-refractivity contribution in [3.8, 4) is 0 Å². The van der Waals surface area contributed by atoms with Crippen LogP contribution in [-0.4, -0.2) is 65.0 Å². The van der Waals surface area contributed by atoms with E-state index in [9.17, 15) is 19.2 Å². The molecule has 3 unspecified atom stereocenters. The number of aromatic nitrogens is 1. The quantitative estimate of drug-likeness (QED) is 0.321. The van der Waals surface area contributed by atoms with E-state index in [2.05, 4.69) is 26.3 Å². The van der Waals surface area contributed by atoms with Crippen LogP contribution in [-0.2, 0) is 25.6 Å². The van der Waals surface area contributed by atoms with Crippen molar-refractivity contribution in [2.24, 2.45) is 0 Å². The summed E-state index contributed by atoms with van der Waals surface area (Å²) in [6.07, 6.45) is 3.53. The van der Waals surface area contributed by atoms with E-state index in [0.29, 0.717) is 6.42 Å². The Morgan fingerprint density at radius 3 is 2.68 bits per heavy atom. The zero-order valence-corrected chi connectivity index (χ0v) is 17.2. The molecule has 0 saturated carbocycles. The second-order valence-electron chi connectivity index (χ2n) is 7.62. The van der Waals surface area contributed by atoms with Gasteiger partial charge in [-0.15, -0.1) is 0 Å². The van der Waals surface area contributed by atoms with Gasteiger partial charge in [0.1, 0.15) is 12.1 Å². The molecular formula is C21H27N5O5. The Bertz CT molecular complexity index is 966. The average molecular weight is 429 g/mol. The summed E-state index contributed by atoms with van der Waals surface area (Å²) in [6.45, 7) is 1.84. The number of benzene rings is 1. The standard InChI is InChI=1S/C21H27N5O5/c1-12(21(30)31)25-20(29)17(9-13-10-23-15-6-3-2-5-14(13)15)26-18(27)11-24-19(28)16-7-4-8-22-16/h2-3,5-6,10,12,16-17,22-23H,4,7-9,11H2,1H3,(H,24,28)(H,25,29)(H,26,27)(H,30,31). The van der Waals surface area contributed by atoms with Crippen molar-refractivity contribution in [2.75, 3.05) is 13.1 Å². The minimum Gasteiger partial charge on any atom is -0.480 e. The number of fused-ring (bicyclic) bond motifs is 1. The molecule has 0 radical (unpaired) electrons. The molecule has 1 aliphatic rings. The van der Waals surface area contributed by atoms with Crippen LogP contribution in [0.3, 0.4) is 0 Å². The number of para-hydroxylation sites is 1. The number of aliphatic carboxylic acids is 1. The lowest BCUT2D eigenvalue weighted by Gasteiger charge is -2.20. The molecular weight excluding hydrogens is 402 g/mol. The average Bonchev–Trinajstić information content (AvgIpc) is 3.42. The van der Waals surface area contributed by atoms with Gasteiger partial charge in [0.2, 0.25) is 17.7 Å². The fourth-order valence-electron chi connectivity index (χ4n) is 3.55. The third-order valence-electron chi connectivity index (χ3n) is 5.28. The van der Waals surface area contributed by atoms with Crippen LogP contribution in [0, 0.1) is 0 Å². The Hall–Kier alpha value is -3.40. The van der Waals surface area contributed by atoms with Crippen molar-refractivity contribution in [3.05, 3.63) is 36.0 Å². The summed E-state index contributed by atoms with van der Waals surface area (Å²) >= 11 is 0. The van der Waals surface area contributed by atoms with Crippen molar-refractivity contribution in [3.63, 3.8) is 0 Å². The third-order valence-corrected chi connectivity index (χ3v) is 5.28. The van der Waals surface area contributed by atoms with Gasteiger partial charge < -0.3 is 31.4 Å². The number of nitrogens with one attached hydrogen (secondary N) is 5. The van der Waals surface area contributed by atoms with E-state index in [-0.39, 0.29) is 24.9 Å². The highest BCUT2D eigenvalue weighted by Crippen LogP contribution is 2.19. The minimum atomic E-state index is -1.18.